The molecular weight excluding hydrogens is 307 g/mol. The fourth-order valence-electron chi connectivity index (χ4n) is 1.30. The molecule has 2 rings (SSSR count). The first-order valence-corrected chi connectivity index (χ1v) is 6.98. The molecule has 1 unspecified atom stereocenters. The molecule has 0 aliphatic heterocycles. The number of hydrogen-bond donors (Lipinski definition) is 2. The van der Waals surface area contributed by atoms with Crippen LogP contribution in [0.1, 0.15) is 6.92 Å². The summed E-state index contributed by atoms with van der Waals surface area (Å²) in [5.41, 5.74) is 0.490. The maximum atomic E-state index is 12.0. The number of rotatable bonds is 4. The van der Waals surface area contributed by atoms with E-state index in [2.05, 4.69) is 20.5 Å². The Kier molecular flexibility index (Phi) is 4.68. The molecule has 19 heavy (non-hydrogen) atoms. The van der Waals surface area contributed by atoms with E-state index >= 15 is 0 Å². The molecule has 0 fully saturated rings. The summed E-state index contributed by atoms with van der Waals surface area (Å²) in [7, 11) is 0. The first-order valence-electron chi connectivity index (χ1n) is 5.34. The van der Waals surface area contributed by atoms with Gasteiger partial charge in [0.05, 0.1) is 16.0 Å². The number of anilines is 1. The highest BCUT2D eigenvalue weighted by molar-refractivity contribution is 8.00. The Hall–Kier alpha value is -1.24. The number of amides is 1. The first kappa shape index (κ1) is 14.2. The molecule has 1 aromatic carbocycles. The minimum absolute atomic E-state index is 0.189. The van der Waals surface area contributed by atoms with Crippen LogP contribution >= 0.6 is 35.0 Å². The summed E-state index contributed by atoms with van der Waals surface area (Å²) in [4.78, 5) is 16.0. The maximum Gasteiger partial charge on any atom is 0.237 e. The lowest BCUT2D eigenvalue weighted by Crippen LogP contribution is -2.22. The van der Waals surface area contributed by atoms with Gasteiger partial charge in [-0.25, -0.2) is 4.98 Å². The monoisotopic (exact) mass is 316 g/mol. The summed E-state index contributed by atoms with van der Waals surface area (Å²) >= 11 is 13.1. The van der Waals surface area contributed by atoms with Crippen LogP contribution in [0, 0.1) is 0 Å². The van der Waals surface area contributed by atoms with Crippen molar-refractivity contribution in [2.75, 3.05) is 5.32 Å². The van der Waals surface area contributed by atoms with Gasteiger partial charge in [0.15, 0.2) is 5.16 Å². The third-order valence-corrected chi connectivity index (χ3v) is 3.79. The van der Waals surface area contributed by atoms with Crippen molar-refractivity contribution in [2.45, 2.75) is 17.3 Å². The lowest BCUT2D eigenvalue weighted by atomic mass is 10.3. The molecule has 1 heterocycles. The maximum absolute atomic E-state index is 12.0. The molecule has 5 nitrogen and oxygen atoms in total. The minimum atomic E-state index is -0.344. The van der Waals surface area contributed by atoms with Crippen LogP contribution in [0.25, 0.3) is 0 Å². The van der Waals surface area contributed by atoms with E-state index in [1.54, 1.807) is 25.1 Å². The van der Waals surface area contributed by atoms with Gasteiger partial charge in [0.25, 0.3) is 0 Å². The summed E-state index contributed by atoms with van der Waals surface area (Å²) in [6, 6.07) is 4.90. The third-order valence-electron chi connectivity index (χ3n) is 2.24. The van der Waals surface area contributed by atoms with E-state index in [-0.39, 0.29) is 11.2 Å². The zero-order valence-electron chi connectivity index (χ0n) is 9.85. The van der Waals surface area contributed by atoms with Crippen LogP contribution in [-0.2, 0) is 4.79 Å². The SMILES string of the molecule is CC(Sc1ncn[nH]1)C(=O)Nc1cc(Cl)ccc1Cl. The highest BCUT2D eigenvalue weighted by atomic mass is 35.5. The number of thioether (sulfide) groups is 1. The van der Waals surface area contributed by atoms with Gasteiger partial charge in [0.1, 0.15) is 6.33 Å². The number of nitrogens with zero attached hydrogens (tertiary/aromatic N) is 2. The second-order valence-electron chi connectivity index (χ2n) is 3.66. The van der Waals surface area contributed by atoms with Gasteiger partial charge < -0.3 is 5.32 Å². The normalized spacial score (nSPS) is 12.2. The number of halogens is 2. The van der Waals surface area contributed by atoms with Gasteiger partial charge in [-0.1, -0.05) is 35.0 Å². The minimum Gasteiger partial charge on any atom is -0.324 e. The molecule has 0 aliphatic carbocycles. The molecule has 1 amide bonds. The molecule has 1 aromatic heterocycles. The Labute approximate surface area is 124 Å². The first-order chi connectivity index (χ1) is 9.06. The molecule has 0 radical (unpaired) electrons. The van der Waals surface area contributed by atoms with Crippen LogP contribution in [0.3, 0.4) is 0 Å². The second kappa shape index (κ2) is 6.27. The van der Waals surface area contributed by atoms with Gasteiger partial charge >= 0.3 is 0 Å². The van der Waals surface area contributed by atoms with Crippen LogP contribution in [0.5, 0.6) is 0 Å². The molecule has 100 valence electrons. The molecule has 0 aliphatic rings. The van der Waals surface area contributed by atoms with Crippen molar-refractivity contribution < 1.29 is 4.79 Å². The van der Waals surface area contributed by atoms with Crippen LogP contribution in [-0.4, -0.2) is 26.3 Å². The zero-order valence-corrected chi connectivity index (χ0v) is 12.2. The van der Waals surface area contributed by atoms with E-state index in [1.165, 1.54) is 18.1 Å². The summed E-state index contributed by atoms with van der Waals surface area (Å²) in [6.07, 6.45) is 1.39. The lowest BCUT2D eigenvalue weighted by molar-refractivity contribution is -0.115. The summed E-state index contributed by atoms with van der Waals surface area (Å²) in [5, 5.41) is 10.3. The van der Waals surface area contributed by atoms with Crippen molar-refractivity contribution in [3.63, 3.8) is 0 Å². The van der Waals surface area contributed by atoms with Gasteiger partial charge in [0, 0.05) is 5.02 Å². The van der Waals surface area contributed by atoms with E-state index in [4.69, 9.17) is 23.2 Å². The summed E-state index contributed by atoms with van der Waals surface area (Å²) in [6.45, 7) is 1.76. The molecule has 0 saturated carbocycles. The number of carbonyl (C=O) groups excluding carboxylic acids is 1. The van der Waals surface area contributed by atoms with Gasteiger partial charge in [-0.15, -0.1) is 0 Å². The second-order valence-corrected chi connectivity index (χ2v) is 5.84. The van der Waals surface area contributed by atoms with Crippen LogP contribution < -0.4 is 5.32 Å². The van der Waals surface area contributed by atoms with E-state index in [0.717, 1.165) is 0 Å². The number of hydrogen-bond acceptors (Lipinski definition) is 4. The molecule has 8 heteroatoms. The quantitative estimate of drug-likeness (QED) is 0.849. The van der Waals surface area contributed by atoms with E-state index in [9.17, 15) is 4.79 Å². The fraction of sp³-hybridized carbons (Fsp3) is 0.182. The van der Waals surface area contributed by atoms with Gasteiger partial charge in [-0.3, -0.25) is 9.89 Å². The molecule has 2 aromatic rings. The van der Waals surface area contributed by atoms with Crippen molar-refractivity contribution >= 4 is 46.6 Å². The molecule has 2 N–H and O–H groups in total. The third kappa shape index (κ3) is 3.86. The summed E-state index contributed by atoms with van der Waals surface area (Å²) in [5.74, 6) is -0.189. The van der Waals surface area contributed by atoms with Crippen LogP contribution in [0.4, 0.5) is 5.69 Å². The number of carbonyl (C=O) groups is 1. The van der Waals surface area contributed by atoms with Crippen LogP contribution in [0.15, 0.2) is 29.7 Å². The summed E-state index contributed by atoms with van der Waals surface area (Å²) < 4.78 is 0. The Morgan fingerprint density at radius 3 is 2.95 bits per heavy atom. The van der Waals surface area contributed by atoms with E-state index < -0.39 is 0 Å². The predicted octanol–water partition coefficient (Wildman–Crippen LogP) is 3.23. The molecule has 0 spiro atoms. The van der Waals surface area contributed by atoms with Crippen molar-refractivity contribution in [3.8, 4) is 0 Å². The smallest absolute Gasteiger partial charge is 0.237 e. The van der Waals surface area contributed by atoms with Crippen LogP contribution in [0.2, 0.25) is 10.0 Å². The molecular formula is C11H10Cl2N4OS. The van der Waals surface area contributed by atoms with Crippen molar-refractivity contribution in [2.24, 2.45) is 0 Å². The number of aromatic amines is 1. The number of nitrogens with one attached hydrogen (secondary N) is 2. The highest BCUT2D eigenvalue weighted by Crippen LogP contribution is 2.27. The lowest BCUT2D eigenvalue weighted by Gasteiger charge is -2.11. The Morgan fingerprint density at radius 2 is 2.26 bits per heavy atom. The Bertz CT molecular complexity index is 576. The fourth-order valence-corrected chi connectivity index (χ4v) is 2.35. The van der Waals surface area contributed by atoms with Crippen molar-refractivity contribution in [1.29, 1.82) is 0 Å². The molecule has 1 atom stereocenters. The van der Waals surface area contributed by atoms with Gasteiger partial charge in [-0.05, 0) is 25.1 Å². The van der Waals surface area contributed by atoms with E-state index in [0.29, 0.717) is 20.9 Å². The van der Waals surface area contributed by atoms with Gasteiger partial charge in [0.2, 0.25) is 5.91 Å². The molecule has 0 saturated heterocycles. The standard InChI is InChI=1S/C11H10Cl2N4OS/c1-6(19-11-14-5-15-17-11)10(18)16-9-4-7(12)2-3-8(9)13/h2-6H,1H3,(H,16,18)(H,14,15,17). The average Bonchev–Trinajstić information content (AvgIpc) is 2.86. The van der Waals surface area contributed by atoms with Gasteiger partial charge in [-0.2, -0.15) is 5.10 Å². The highest BCUT2D eigenvalue weighted by Gasteiger charge is 2.17. The van der Waals surface area contributed by atoms with E-state index in [1.807, 2.05) is 0 Å². The zero-order chi connectivity index (χ0) is 13.8. The van der Waals surface area contributed by atoms with Crippen molar-refractivity contribution in [3.05, 3.63) is 34.6 Å². The molecule has 0 bridgehead atoms. The topological polar surface area (TPSA) is 70.7 Å². The number of aromatic nitrogens is 3. The number of benzene rings is 1. The number of H-pyrrole nitrogens is 1. The largest absolute Gasteiger partial charge is 0.324 e. The average molecular weight is 317 g/mol. The van der Waals surface area contributed by atoms with Crippen molar-refractivity contribution in [1.82, 2.24) is 15.2 Å². The Balaban J connectivity index is 2.02. The predicted molar refractivity (Wildman–Crippen MR) is 76.8 cm³/mol. The Morgan fingerprint density at radius 1 is 1.47 bits per heavy atom.